The highest BCUT2D eigenvalue weighted by molar-refractivity contribution is 7.16. The van der Waals surface area contributed by atoms with Crippen LogP contribution in [0.15, 0.2) is 18.2 Å². The highest BCUT2D eigenvalue weighted by Crippen LogP contribution is 2.32. The standard InChI is InChI=1S/C16H12N2O5S/c1-7-8(2)24-14(12(7)6-17)18-13(19)11-5-9(15(20)21)3-4-10(11)16(22)23/h3-5H,1-2H3,(H,18,19)(H,20,21)(H,22,23). The normalized spacial score (nSPS) is 10.0. The predicted molar refractivity (Wildman–Crippen MR) is 86.8 cm³/mol. The van der Waals surface area contributed by atoms with Gasteiger partial charge in [-0.05, 0) is 37.6 Å². The first kappa shape index (κ1) is 17.2. The molecule has 0 fully saturated rings. The second-order valence-electron chi connectivity index (χ2n) is 4.92. The van der Waals surface area contributed by atoms with Crippen LogP contribution in [0.2, 0.25) is 0 Å². The van der Waals surface area contributed by atoms with Gasteiger partial charge in [-0.1, -0.05) is 0 Å². The number of carbonyl (C=O) groups excluding carboxylic acids is 1. The van der Waals surface area contributed by atoms with Gasteiger partial charge in [-0.3, -0.25) is 4.79 Å². The van der Waals surface area contributed by atoms with Crippen molar-refractivity contribution >= 4 is 34.2 Å². The molecule has 0 aliphatic heterocycles. The number of rotatable bonds is 4. The Bertz CT molecular complexity index is 908. The van der Waals surface area contributed by atoms with E-state index in [2.05, 4.69) is 5.32 Å². The Hall–Kier alpha value is -3.18. The Morgan fingerprint density at radius 1 is 1.12 bits per heavy atom. The lowest BCUT2D eigenvalue weighted by molar-refractivity contribution is 0.0679. The Balaban J connectivity index is 2.48. The average molecular weight is 344 g/mol. The number of anilines is 1. The number of hydrogen-bond acceptors (Lipinski definition) is 5. The Labute approximate surface area is 140 Å². The van der Waals surface area contributed by atoms with Crippen molar-refractivity contribution in [3.63, 3.8) is 0 Å². The highest BCUT2D eigenvalue weighted by atomic mass is 32.1. The molecule has 1 aromatic carbocycles. The molecule has 2 aromatic rings. The van der Waals surface area contributed by atoms with Gasteiger partial charge in [-0.15, -0.1) is 11.3 Å². The number of aryl methyl sites for hydroxylation is 1. The van der Waals surface area contributed by atoms with Crippen LogP contribution >= 0.6 is 11.3 Å². The van der Waals surface area contributed by atoms with Crippen LogP contribution in [-0.2, 0) is 0 Å². The van der Waals surface area contributed by atoms with E-state index >= 15 is 0 Å². The van der Waals surface area contributed by atoms with Crippen LogP contribution in [0.3, 0.4) is 0 Å². The summed E-state index contributed by atoms with van der Waals surface area (Å²) < 4.78 is 0. The van der Waals surface area contributed by atoms with Gasteiger partial charge in [-0.2, -0.15) is 5.26 Å². The number of benzene rings is 1. The van der Waals surface area contributed by atoms with Crippen LogP contribution in [-0.4, -0.2) is 28.1 Å². The van der Waals surface area contributed by atoms with Gasteiger partial charge < -0.3 is 15.5 Å². The number of carboxylic acid groups (broad SMARTS) is 2. The molecule has 0 bridgehead atoms. The minimum absolute atomic E-state index is 0.204. The SMILES string of the molecule is Cc1sc(NC(=O)c2cc(C(=O)O)ccc2C(=O)O)c(C#N)c1C. The van der Waals surface area contributed by atoms with E-state index in [-0.39, 0.29) is 16.7 Å². The van der Waals surface area contributed by atoms with Crippen molar-refractivity contribution in [2.75, 3.05) is 5.32 Å². The first-order valence-electron chi connectivity index (χ1n) is 6.68. The van der Waals surface area contributed by atoms with Crippen LogP contribution in [0, 0.1) is 25.2 Å². The van der Waals surface area contributed by atoms with Gasteiger partial charge >= 0.3 is 11.9 Å². The third kappa shape index (κ3) is 3.11. The highest BCUT2D eigenvalue weighted by Gasteiger charge is 2.21. The van der Waals surface area contributed by atoms with Crippen LogP contribution in [0.5, 0.6) is 0 Å². The monoisotopic (exact) mass is 344 g/mol. The van der Waals surface area contributed by atoms with Gasteiger partial charge in [0.2, 0.25) is 0 Å². The summed E-state index contributed by atoms with van der Waals surface area (Å²) in [5, 5.41) is 30.2. The molecule has 24 heavy (non-hydrogen) atoms. The zero-order valence-corrected chi connectivity index (χ0v) is 13.5. The van der Waals surface area contributed by atoms with Gasteiger partial charge in [0.25, 0.3) is 5.91 Å². The van der Waals surface area contributed by atoms with Crippen molar-refractivity contribution in [1.29, 1.82) is 5.26 Å². The van der Waals surface area contributed by atoms with E-state index in [0.29, 0.717) is 10.6 Å². The number of carbonyl (C=O) groups is 3. The molecule has 122 valence electrons. The maximum Gasteiger partial charge on any atom is 0.336 e. The summed E-state index contributed by atoms with van der Waals surface area (Å²) in [4.78, 5) is 35.6. The van der Waals surface area contributed by atoms with Crippen molar-refractivity contribution in [3.8, 4) is 6.07 Å². The summed E-state index contributed by atoms with van der Waals surface area (Å²) in [6, 6.07) is 5.17. The fraction of sp³-hybridized carbons (Fsp3) is 0.125. The molecule has 0 radical (unpaired) electrons. The molecule has 7 nitrogen and oxygen atoms in total. The molecule has 0 aliphatic rings. The largest absolute Gasteiger partial charge is 0.478 e. The van der Waals surface area contributed by atoms with Crippen LogP contribution in [0.4, 0.5) is 5.00 Å². The number of hydrogen-bond donors (Lipinski definition) is 3. The molecule has 8 heteroatoms. The molecule has 2 rings (SSSR count). The minimum Gasteiger partial charge on any atom is -0.478 e. The topological polar surface area (TPSA) is 127 Å². The molecule has 0 atom stereocenters. The zero-order valence-electron chi connectivity index (χ0n) is 12.7. The quantitative estimate of drug-likeness (QED) is 0.782. The summed E-state index contributed by atoms with van der Waals surface area (Å²) in [7, 11) is 0. The summed E-state index contributed by atoms with van der Waals surface area (Å²) in [6.07, 6.45) is 0. The molecule has 0 spiro atoms. The fourth-order valence-electron chi connectivity index (χ4n) is 2.07. The summed E-state index contributed by atoms with van der Waals surface area (Å²) >= 11 is 1.20. The number of aromatic carboxylic acids is 2. The van der Waals surface area contributed by atoms with E-state index in [1.165, 1.54) is 11.3 Å². The third-order valence-corrected chi connectivity index (χ3v) is 4.59. The van der Waals surface area contributed by atoms with E-state index in [4.69, 9.17) is 5.11 Å². The molecule has 0 aliphatic carbocycles. The van der Waals surface area contributed by atoms with Crippen molar-refractivity contribution in [2.45, 2.75) is 13.8 Å². The molecule has 1 amide bonds. The smallest absolute Gasteiger partial charge is 0.336 e. The van der Waals surface area contributed by atoms with E-state index in [1.807, 2.05) is 6.07 Å². The van der Waals surface area contributed by atoms with Gasteiger partial charge in [0.15, 0.2) is 0 Å². The van der Waals surface area contributed by atoms with E-state index in [9.17, 15) is 24.8 Å². The van der Waals surface area contributed by atoms with Crippen molar-refractivity contribution in [1.82, 2.24) is 0 Å². The molecule has 0 unspecified atom stereocenters. The minimum atomic E-state index is -1.35. The van der Waals surface area contributed by atoms with E-state index in [1.54, 1.807) is 13.8 Å². The number of amides is 1. The second kappa shape index (κ2) is 6.52. The van der Waals surface area contributed by atoms with Crippen molar-refractivity contribution in [3.05, 3.63) is 50.9 Å². The van der Waals surface area contributed by atoms with E-state index in [0.717, 1.165) is 28.6 Å². The number of nitrogens with zero attached hydrogens (tertiary/aromatic N) is 1. The van der Waals surface area contributed by atoms with Gasteiger partial charge in [-0.25, -0.2) is 9.59 Å². The number of thiophene rings is 1. The lowest BCUT2D eigenvalue weighted by Gasteiger charge is -2.08. The maximum atomic E-state index is 12.4. The summed E-state index contributed by atoms with van der Waals surface area (Å²) in [5.74, 6) is -3.41. The number of nitriles is 1. The third-order valence-electron chi connectivity index (χ3n) is 3.47. The molecule has 1 aromatic heterocycles. The molecule has 3 N–H and O–H groups in total. The molecular formula is C16H12N2O5S. The Morgan fingerprint density at radius 2 is 1.79 bits per heavy atom. The van der Waals surface area contributed by atoms with Crippen LogP contribution < -0.4 is 5.32 Å². The number of carboxylic acids is 2. The Kier molecular flexibility index (Phi) is 4.66. The maximum absolute atomic E-state index is 12.4. The number of nitrogens with one attached hydrogen (secondary N) is 1. The average Bonchev–Trinajstić information content (AvgIpc) is 2.80. The van der Waals surface area contributed by atoms with Crippen molar-refractivity contribution < 1.29 is 24.6 Å². The first-order chi connectivity index (χ1) is 11.3. The second-order valence-corrected chi connectivity index (χ2v) is 6.15. The summed E-state index contributed by atoms with van der Waals surface area (Å²) in [6.45, 7) is 3.54. The zero-order chi connectivity index (χ0) is 18.0. The lowest BCUT2D eigenvalue weighted by Crippen LogP contribution is -2.17. The fourth-order valence-corrected chi connectivity index (χ4v) is 3.08. The lowest BCUT2D eigenvalue weighted by atomic mass is 10.0. The predicted octanol–water partition coefficient (Wildman–Crippen LogP) is 2.89. The molecule has 0 saturated carbocycles. The van der Waals surface area contributed by atoms with E-state index < -0.39 is 17.8 Å². The van der Waals surface area contributed by atoms with Crippen LogP contribution in [0.25, 0.3) is 0 Å². The molecular weight excluding hydrogens is 332 g/mol. The Morgan fingerprint density at radius 3 is 2.33 bits per heavy atom. The molecule has 1 heterocycles. The molecule has 0 saturated heterocycles. The van der Waals surface area contributed by atoms with Crippen molar-refractivity contribution in [2.24, 2.45) is 0 Å². The van der Waals surface area contributed by atoms with Gasteiger partial charge in [0.05, 0.1) is 22.3 Å². The van der Waals surface area contributed by atoms with Gasteiger partial charge in [0.1, 0.15) is 11.1 Å². The first-order valence-corrected chi connectivity index (χ1v) is 7.50. The van der Waals surface area contributed by atoms with Crippen LogP contribution in [0.1, 0.15) is 47.1 Å². The van der Waals surface area contributed by atoms with Gasteiger partial charge in [0, 0.05) is 4.88 Å². The summed E-state index contributed by atoms with van der Waals surface area (Å²) in [5.41, 5.74) is 0.229.